The predicted octanol–water partition coefficient (Wildman–Crippen LogP) is 2.74. The Balaban J connectivity index is 1.61. The number of aromatic amines is 1. The van der Waals surface area contributed by atoms with E-state index in [9.17, 15) is 9.59 Å². The van der Waals surface area contributed by atoms with Crippen molar-refractivity contribution >= 4 is 23.3 Å². The highest BCUT2D eigenvalue weighted by molar-refractivity contribution is 7.99. The van der Waals surface area contributed by atoms with E-state index in [4.69, 9.17) is 0 Å². The summed E-state index contributed by atoms with van der Waals surface area (Å²) in [4.78, 5) is 35.5. The van der Waals surface area contributed by atoms with E-state index < -0.39 is 0 Å². The molecule has 3 heterocycles. The van der Waals surface area contributed by atoms with Gasteiger partial charge in [0.25, 0.3) is 5.56 Å². The quantitative estimate of drug-likeness (QED) is 0.685. The second-order valence-corrected chi connectivity index (χ2v) is 8.25. The first-order valence-corrected chi connectivity index (χ1v) is 10.5. The number of carbonyl (C=O) groups excluding carboxylic acids is 1. The maximum atomic E-state index is 12.6. The molecule has 1 aliphatic heterocycles. The molecular formula is C20H23N5O2S. The van der Waals surface area contributed by atoms with Crippen LogP contribution in [0.4, 0.5) is 0 Å². The molecule has 0 atom stereocenters. The number of fused-ring (bicyclic) bond motifs is 1. The fraction of sp³-hybridized carbons (Fsp3) is 0.400. The summed E-state index contributed by atoms with van der Waals surface area (Å²) < 4.78 is 1.56. The number of piperidine rings is 1. The van der Waals surface area contributed by atoms with Gasteiger partial charge in [-0.05, 0) is 31.2 Å². The highest BCUT2D eigenvalue weighted by Crippen LogP contribution is 2.24. The Bertz CT molecular complexity index is 1070. The number of hydrogen-bond acceptors (Lipinski definition) is 5. The SMILES string of the molecule is Cc1ccccc1-c1nc(SCC(=O)N2CCC(C)CC2)n2[nH]c(=O)cc2n1. The summed E-state index contributed by atoms with van der Waals surface area (Å²) in [5.74, 6) is 1.63. The van der Waals surface area contributed by atoms with Gasteiger partial charge in [-0.3, -0.25) is 14.7 Å². The number of H-pyrrole nitrogens is 1. The van der Waals surface area contributed by atoms with Crippen LogP contribution >= 0.6 is 11.8 Å². The molecular weight excluding hydrogens is 374 g/mol. The van der Waals surface area contributed by atoms with E-state index in [0.29, 0.717) is 22.5 Å². The Morgan fingerprint density at radius 1 is 1.25 bits per heavy atom. The van der Waals surface area contributed by atoms with Crippen LogP contribution in [0.1, 0.15) is 25.3 Å². The summed E-state index contributed by atoms with van der Waals surface area (Å²) in [6.07, 6.45) is 2.10. The molecule has 2 aromatic heterocycles. The molecule has 1 amide bonds. The van der Waals surface area contributed by atoms with Crippen molar-refractivity contribution in [2.75, 3.05) is 18.8 Å². The van der Waals surface area contributed by atoms with Gasteiger partial charge in [0.1, 0.15) is 0 Å². The summed E-state index contributed by atoms with van der Waals surface area (Å²) in [6, 6.07) is 9.31. The zero-order valence-electron chi connectivity index (χ0n) is 16.0. The average molecular weight is 398 g/mol. The van der Waals surface area contributed by atoms with Crippen LogP contribution in [0.2, 0.25) is 0 Å². The number of hydrogen-bond donors (Lipinski definition) is 1. The number of amides is 1. The lowest BCUT2D eigenvalue weighted by molar-refractivity contribution is -0.129. The zero-order chi connectivity index (χ0) is 19.7. The maximum Gasteiger partial charge on any atom is 0.266 e. The number of thioether (sulfide) groups is 1. The highest BCUT2D eigenvalue weighted by atomic mass is 32.2. The van der Waals surface area contributed by atoms with Gasteiger partial charge in [0.15, 0.2) is 16.6 Å². The Labute approximate surface area is 167 Å². The fourth-order valence-electron chi connectivity index (χ4n) is 3.40. The molecule has 1 N–H and O–H groups in total. The molecule has 146 valence electrons. The average Bonchev–Trinajstić information content (AvgIpc) is 3.07. The monoisotopic (exact) mass is 397 g/mol. The zero-order valence-corrected chi connectivity index (χ0v) is 16.8. The van der Waals surface area contributed by atoms with Crippen molar-refractivity contribution in [3.63, 3.8) is 0 Å². The molecule has 1 saturated heterocycles. The normalized spacial score (nSPS) is 15.3. The lowest BCUT2D eigenvalue weighted by atomic mass is 9.99. The van der Waals surface area contributed by atoms with Crippen molar-refractivity contribution in [3.8, 4) is 11.4 Å². The number of aryl methyl sites for hydroxylation is 1. The number of carbonyl (C=O) groups is 1. The molecule has 1 aliphatic rings. The summed E-state index contributed by atoms with van der Waals surface area (Å²) in [5.41, 5.74) is 2.23. The van der Waals surface area contributed by atoms with Crippen LogP contribution in [0.3, 0.4) is 0 Å². The van der Waals surface area contributed by atoms with E-state index in [-0.39, 0.29) is 17.2 Å². The Morgan fingerprint density at radius 3 is 2.75 bits per heavy atom. The van der Waals surface area contributed by atoms with Crippen molar-refractivity contribution in [2.24, 2.45) is 5.92 Å². The molecule has 0 aliphatic carbocycles. The molecule has 0 unspecified atom stereocenters. The van der Waals surface area contributed by atoms with Crippen LogP contribution < -0.4 is 5.56 Å². The molecule has 1 aromatic carbocycles. The number of rotatable bonds is 4. The second-order valence-electron chi connectivity index (χ2n) is 7.31. The molecule has 3 aromatic rings. The van der Waals surface area contributed by atoms with Gasteiger partial charge in [0.05, 0.1) is 5.75 Å². The Kier molecular flexibility index (Phi) is 5.21. The van der Waals surface area contributed by atoms with Gasteiger partial charge in [-0.2, -0.15) is 0 Å². The summed E-state index contributed by atoms with van der Waals surface area (Å²) in [7, 11) is 0. The number of nitrogens with one attached hydrogen (secondary N) is 1. The largest absolute Gasteiger partial charge is 0.342 e. The van der Waals surface area contributed by atoms with Crippen LogP contribution in [0.5, 0.6) is 0 Å². The van der Waals surface area contributed by atoms with E-state index in [0.717, 1.165) is 37.1 Å². The van der Waals surface area contributed by atoms with E-state index >= 15 is 0 Å². The molecule has 0 bridgehead atoms. The summed E-state index contributed by atoms with van der Waals surface area (Å²) in [5, 5.41) is 3.28. The molecule has 28 heavy (non-hydrogen) atoms. The van der Waals surface area contributed by atoms with Gasteiger partial charge >= 0.3 is 0 Å². The molecule has 0 spiro atoms. The first-order valence-electron chi connectivity index (χ1n) is 9.47. The van der Waals surface area contributed by atoms with Gasteiger partial charge in [-0.15, -0.1) is 0 Å². The molecule has 8 heteroatoms. The third kappa shape index (κ3) is 3.82. The minimum atomic E-state index is -0.241. The van der Waals surface area contributed by atoms with Crippen molar-refractivity contribution in [1.29, 1.82) is 0 Å². The van der Waals surface area contributed by atoms with E-state index in [2.05, 4.69) is 22.0 Å². The number of likely N-dealkylation sites (tertiary alicyclic amines) is 1. The van der Waals surface area contributed by atoms with Gasteiger partial charge < -0.3 is 4.90 Å². The van der Waals surface area contributed by atoms with Gasteiger partial charge in [0, 0.05) is 24.7 Å². The van der Waals surface area contributed by atoms with Gasteiger partial charge in [-0.1, -0.05) is 43.0 Å². The standard InChI is InChI=1S/C20H23N5O2S/c1-13-7-9-24(10-8-13)18(27)12-28-20-22-19(15-6-4-3-5-14(15)2)21-16-11-17(26)23-25(16)20/h3-6,11,13H,7-10,12H2,1-2H3,(H,23,26). The van der Waals surface area contributed by atoms with Crippen molar-refractivity contribution in [2.45, 2.75) is 31.8 Å². The predicted molar refractivity (Wildman–Crippen MR) is 109 cm³/mol. The van der Waals surface area contributed by atoms with Crippen molar-refractivity contribution in [1.82, 2.24) is 24.5 Å². The molecule has 4 rings (SSSR count). The summed E-state index contributed by atoms with van der Waals surface area (Å²) in [6.45, 7) is 5.85. The fourth-order valence-corrected chi connectivity index (χ4v) is 4.25. The summed E-state index contributed by atoms with van der Waals surface area (Å²) >= 11 is 1.33. The Hall–Kier alpha value is -2.61. The van der Waals surface area contributed by atoms with Crippen molar-refractivity contribution in [3.05, 3.63) is 46.2 Å². The van der Waals surface area contributed by atoms with E-state index in [1.54, 1.807) is 4.52 Å². The van der Waals surface area contributed by atoms with Crippen LogP contribution in [-0.4, -0.2) is 49.2 Å². The first-order chi connectivity index (χ1) is 13.5. The van der Waals surface area contributed by atoms with Crippen LogP contribution in [0, 0.1) is 12.8 Å². The first kappa shape index (κ1) is 18.7. The smallest absolute Gasteiger partial charge is 0.266 e. The lowest BCUT2D eigenvalue weighted by Gasteiger charge is -2.30. The van der Waals surface area contributed by atoms with Crippen molar-refractivity contribution < 1.29 is 4.79 Å². The minimum Gasteiger partial charge on any atom is -0.342 e. The number of aromatic nitrogens is 4. The third-order valence-electron chi connectivity index (χ3n) is 5.17. The second kappa shape index (κ2) is 7.79. The third-order valence-corrected chi connectivity index (χ3v) is 6.09. The van der Waals surface area contributed by atoms with Gasteiger partial charge in [-0.25, -0.2) is 14.5 Å². The Morgan fingerprint density at radius 2 is 2.00 bits per heavy atom. The molecule has 0 radical (unpaired) electrons. The van der Waals surface area contributed by atoms with E-state index in [1.165, 1.54) is 17.8 Å². The minimum absolute atomic E-state index is 0.107. The van der Waals surface area contributed by atoms with Crippen LogP contribution in [-0.2, 0) is 4.79 Å². The molecule has 0 saturated carbocycles. The highest BCUT2D eigenvalue weighted by Gasteiger charge is 2.21. The van der Waals surface area contributed by atoms with Crippen LogP contribution in [0.15, 0.2) is 40.3 Å². The lowest BCUT2D eigenvalue weighted by Crippen LogP contribution is -2.38. The number of nitrogens with zero attached hydrogens (tertiary/aromatic N) is 4. The van der Waals surface area contributed by atoms with Gasteiger partial charge in [0.2, 0.25) is 5.91 Å². The topological polar surface area (TPSA) is 83.4 Å². The van der Waals surface area contributed by atoms with E-state index in [1.807, 2.05) is 36.1 Å². The number of benzene rings is 1. The maximum absolute atomic E-state index is 12.6. The van der Waals surface area contributed by atoms with Crippen LogP contribution in [0.25, 0.3) is 17.0 Å². The molecule has 1 fully saturated rings. The molecule has 7 nitrogen and oxygen atoms in total.